The number of rotatable bonds is 2. The van der Waals surface area contributed by atoms with Crippen LogP contribution in [0.4, 0.5) is 13.2 Å². The Labute approximate surface area is 117 Å². The van der Waals surface area contributed by atoms with Crippen molar-refractivity contribution in [2.45, 2.75) is 6.36 Å². The van der Waals surface area contributed by atoms with Crippen LogP contribution in [0.15, 0.2) is 36.4 Å². The maximum absolute atomic E-state index is 12.0. The van der Waals surface area contributed by atoms with Gasteiger partial charge >= 0.3 is 6.36 Å². The average Bonchev–Trinajstić information content (AvgIpc) is 2.32. The van der Waals surface area contributed by atoms with E-state index in [0.29, 0.717) is 16.1 Å². The summed E-state index contributed by atoms with van der Waals surface area (Å²) < 4.78 is 39.8. The third kappa shape index (κ3) is 3.55. The van der Waals surface area contributed by atoms with Crippen LogP contribution in [0, 0.1) is 6.07 Å². The fourth-order valence-corrected chi connectivity index (χ4v) is 1.90. The standard InChI is InChI=1S/C13H6Cl2F3O/c14-11-3-1-2-10(12(11)15)8-4-6-9(7-5-8)19-13(16,17)18/h1-2,4-7H. The average molecular weight is 306 g/mol. The van der Waals surface area contributed by atoms with E-state index in [2.05, 4.69) is 10.8 Å². The van der Waals surface area contributed by atoms with E-state index in [4.69, 9.17) is 23.2 Å². The Kier molecular flexibility index (Phi) is 3.92. The lowest BCUT2D eigenvalue weighted by atomic mass is 10.1. The fraction of sp³-hybridized carbons (Fsp3) is 0.0769. The maximum atomic E-state index is 12.0. The van der Waals surface area contributed by atoms with Crippen molar-refractivity contribution in [1.82, 2.24) is 0 Å². The lowest BCUT2D eigenvalue weighted by Crippen LogP contribution is -2.16. The van der Waals surface area contributed by atoms with E-state index in [0.717, 1.165) is 0 Å². The Bertz CT molecular complexity index is 579. The smallest absolute Gasteiger partial charge is 0.406 e. The van der Waals surface area contributed by atoms with Gasteiger partial charge in [0.05, 0.1) is 10.0 Å². The van der Waals surface area contributed by atoms with Gasteiger partial charge in [-0.1, -0.05) is 47.5 Å². The van der Waals surface area contributed by atoms with Crippen molar-refractivity contribution in [2.24, 2.45) is 0 Å². The van der Waals surface area contributed by atoms with Crippen LogP contribution in [0.25, 0.3) is 11.1 Å². The molecule has 19 heavy (non-hydrogen) atoms. The van der Waals surface area contributed by atoms with Gasteiger partial charge in [-0.05, 0) is 17.7 Å². The van der Waals surface area contributed by atoms with E-state index in [1.807, 2.05) is 0 Å². The van der Waals surface area contributed by atoms with Crippen molar-refractivity contribution >= 4 is 23.2 Å². The Balaban J connectivity index is 2.30. The molecule has 99 valence electrons. The highest BCUT2D eigenvalue weighted by atomic mass is 35.5. The first-order valence-corrected chi connectivity index (χ1v) is 5.84. The molecule has 1 nitrogen and oxygen atoms in total. The molecule has 0 atom stereocenters. The van der Waals surface area contributed by atoms with Crippen LogP contribution < -0.4 is 4.74 Å². The van der Waals surface area contributed by atoms with Gasteiger partial charge in [-0.3, -0.25) is 0 Å². The summed E-state index contributed by atoms with van der Waals surface area (Å²) in [5.74, 6) is -0.291. The molecule has 0 heterocycles. The second kappa shape index (κ2) is 5.31. The van der Waals surface area contributed by atoms with Gasteiger partial charge in [0.25, 0.3) is 0 Å². The Morgan fingerprint density at radius 2 is 1.63 bits per heavy atom. The lowest BCUT2D eigenvalue weighted by molar-refractivity contribution is -0.274. The number of hydrogen-bond acceptors (Lipinski definition) is 1. The molecule has 0 fully saturated rings. The summed E-state index contributed by atoms with van der Waals surface area (Å²) in [5.41, 5.74) is 1.25. The van der Waals surface area contributed by atoms with E-state index in [9.17, 15) is 13.2 Å². The second-order valence-electron chi connectivity index (χ2n) is 3.59. The van der Waals surface area contributed by atoms with Gasteiger partial charge in [0, 0.05) is 11.6 Å². The molecule has 0 bridgehead atoms. The van der Waals surface area contributed by atoms with E-state index in [-0.39, 0.29) is 10.8 Å². The molecule has 0 spiro atoms. The molecule has 0 aliphatic heterocycles. The van der Waals surface area contributed by atoms with Crippen LogP contribution in [-0.2, 0) is 0 Å². The summed E-state index contributed by atoms with van der Waals surface area (Å²) in [6.45, 7) is 0. The molecule has 2 rings (SSSR count). The van der Waals surface area contributed by atoms with Crippen molar-refractivity contribution in [1.29, 1.82) is 0 Å². The topological polar surface area (TPSA) is 9.23 Å². The first-order chi connectivity index (χ1) is 8.87. The highest BCUT2D eigenvalue weighted by molar-refractivity contribution is 6.43. The zero-order chi connectivity index (χ0) is 14.0. The minimum absolute atomic E-state index is 0.259. The third-order valence-electron chi connectivity index (χ3n) is 2.29. The highest BCUT2D eigenvalue weighted by Crippen LogP contribution is 2.34. The first-order valence-electron chi connectivity index (χ1n) is 5.09. The normalized spacial score (nSPS) is 11.4. The molecule has 1 radical (unpaired) electrons. The summed E-state index contributed by atoms with van der Waals surface area (Å²) in [6.07, 6.45) is -4.70. The predicted molar refractivity (Wildman–Crippen MR) is 67.4 cm³/mol. The van der Waals surface area contributed by atoms with Crippen molar-refractivity contribution in [3.05, 3.63) is 52.5 Å². The molecular weight excluding hydrogens is 300 g/mol. The lowest BCUT2D eigenvalue weighted by Gasteiger charge is -2.10. The summed E-state index contributed by atoms with van der Waals surface area (Å²) in [5, 5.41) is 0.559. The quantitative estimate of drug-likeness (QED) is 0.726. The number of ether oxygens (including phenoxy) is 1. The number of benzene rings is 2. The fourth-order valence-electron chi connectivity index (χ4n) is 1.51. The molecule has 6 heteroatoms. The van der Waals surface area contributed by atoms with E-state index >= 15 is 0 Å². The van der Waals surface area contributed by atoms with Gasteiger partial charge in [-0.25, -0.2) is 0 Å². The van der Waals surface area contributed by atoms with Crippen LogP contribution in [-0.4, -0.2) is 6.36 Å². The molecule has 0 N–H and O–H groups in total. The second-order valence-corrected chi connectivity index (χ2v) is 4.35. The Morgan fingerprint density at radius 3 is 2.21 bits per heavy atom. The van der Waals surface area contributed by atoms with Crippen molar-refractivity contribution in [3.8, 4) is 16.9 Å². The van der Waals surface area contributed by atoms with Gasteiger partial charge in [0.2, 0.25) is 0 Å². The summed E-state index contributed by atoms with van der Waals surface area (Å²) in [7, 11) is 0. The molecule has 2 aromatic rings. The summed E-state index contributed by atoms with van der Waals surface area (Å²) >= 11 is 11.8. The minimum atomic E-state index is -4.70. The van der Waals surface area contributed by atoms with Crippen molar-refractivity contribution < 1.29 is 17.9 Å². The summed E-state index contributed by atoms with van der Waals surface area (Å²) in [6, 6.07) is 11.3. The summed E-state index contributed by atoms with van der Waals surface area (Å²) in [4.78, 5) is 0. The molecule has 0 amide bonds. The van der Waals surface area contributed by atoms with E-state index in [1.165, 1.54) is 24.3 Å². The molecule has 0 aliphatic carbocycles. The van der Waals surface area contributed by atoms with Gasteiger partial charge < -0.3 is 4.74 Å². The van der Waals surface area contributed by atoms with Crippen LogP contribution in [0.3, 0.4) is 0 Å². The van der Waals surface area contributed by atoms with Gasteiger partial charge in [-0.2, -0.15) is 0 Å². The molecule has 0 unspecified atom stereocenters. The zero-order valence-corrected chi connectivity index (χ0v) is 10.8. The van der Waals surface area contributed by atoms with E-state index in [1.54, 1.807) is 12.1 Å². The number of alkyl halides is 3. The van der Waals surface area contributed by atoms with Crippen molar-refractivity contribution in [3.63, 3.8) is 0 Å². The molecule has 0 saturated carbocycles. The first kappa shape index (κ1) is 14.0. The molecule has 0 saturated heterocycles. The molecule has 0 aromatic heterocycles. The SMILES string of the molecule is FC(F)(F)Oc1ccc(-c2cc[c]c(Cl)c2Cl)cc1. The zero-order valence-electron chi connectivity index (χ0n) is 9.26. The highest BCUT2D eigenvalue weighted by Gasteiger charge is 2.30. The molecule has 2 aromatic carbocycles. The number of halogens is 5. The monoisotopic (exact) mass is 305 g/mol. The Hall–Kier alpha value is -1.39. The maximum Gasteiger partial charge on any atom is 0.573 e. The Morgan fingerprint density at radius 1 is 1.00 bits per heavy atom. The largest absolute Gasteiger partial charge is 0.573 e. The predicted octanol–water partition coefficient (Wildman–Crippen LogP) is 5.36. The third-order valence-corrected chi connectivity index (χ3v) is 3.08. The minimum Gasteiger partial charge on any atom is -0.406 e. The molecule has 0 aliphatic rings. The van der Waals surface area contributed by atoms with Gasteiger partial charge in [-0.15, -0.1) is 13.2 Å². The van der Waals surface area contributed by atoms with Gasteiger partial charge in [0.15, 0.2) is 0 Å². The van der Waals surface area contributed by atoms with Gasteiger partial charge in [0.1, 0.15) is 5.75 Å². The van der Waals surface area contributed by atoms with Crippen LogP contribution in [0.1, 0.15) is 0 Å². The van der Waals surface area contributed by atoms with Crippen LogP contribution in [0.5, 0.6) is 5.75 Å². The van der Waals surface area contributed by atoms with Crippen LogP contribution >= 0.6 is 23.2 Å². The van der Waals surface area contributed by atoms with E-state index < -0.39 is 6.36 Å². The number of hydrogen-bond donors (Lipinski definition) is 0. The van der Waals surface area contributed by atoms with Crippen LogP contribution in [0.2, 0.25) is 10.0 Å². The molecular formula is C13H6Cl2F3O. The van der Waals surface area contributed by atoms with Crippen molar-refractivity contribution in [2.75, 3.05) is 0 Å².